The lowest BCUT2D eigenvalue weighted by Gasteiger charge is -2.22. The van der Waals surface area contributed by atoms with Crippen molar-refractivity contribution < 1.29 is 8.78 Å². The van der Waals surface area contributed by atoms with Crippen molar-refractivity contribution in [2.24, 2.45) is 0 Å². The molecule has 1 unspecified atom stereocenters. The summed E-state index contributed by atoms with van der Waals surface area (Å²) in [6.07, 6.45) is 0.851. The van der Waals surface area contributed by atoms with Crippen molar-refractivity contribution in [1.82, 2.24) is 5.32 Å². The molecule has 5 heteroatoms. The molecule has 0 aliphatic carbocycles. The van der Waals surface area contributed by atoms with E-state index in [0.717, 1.165) is 18.6 Å². The van der Waals surface area contributed by atoms with Crippen molar-refractivity contribution >= 4 is 23.0 Å². The number of hydrogen-bond donors (Lipinski definition) is 2. The Bertz CT molecular complexity index is 716. The van der Waals surface area contributed by atoms with Gasteiger partial charge in [0.05, 0.1) is 6.04 Å². The van der Waals surface area contributed by atoms with Gasteiger partial charge in [0.25, 0.3) is 0 Å². The van der Waals surface area contributed by atoms with Gasteiger partial charge >= 0.3 is 0 Å². The molecule has 0 fully saturated rings. The SMILES string of the molecule is CCC(NC(=S)Nc1ccc(F)c(F)c1)c1ccc(C)cc1C. The lowest BCUT2D eigenvalue weighted by atomic mass is 9.98. The van der Waals surface area contributed by atoms with Crippen molar-refractivity contribution in [3.05, 3.63) is 64.7 Å². The number of nitrogens with one attached hydrogen (secondary N) is 2. The highest BCUT2D eigenvalue weighted by Gasteiger charge is 2.13. The lowest BCUT2D eigenvalue weighted by molar-refractivity contribution is 0.509. The Hall–Kier alpha value is -2.01. The van der Waals surface area contributed by atoms with Crippen LogP contribution in [0.25, 0.3) is 0 Å². The molecule has 2 nitrogen and oxygen atoms in total. The first kappa shape index (κ1) is 17.3. The summed E-state index contributed by atoms with van der Waals surface area (Å²) in [6, 6.07) is 9.95. The highest BCUT2D eigenvalue weighted by atomic mass is 32.1. The standard InChI is InChI=1S/C18H20F2N2S/c1-4-17(14-7-5-11(2)9-12(14)3)22-18(23)21-13-6-8-15(19)16(20)10-13/h5-10,17H,4H2,1-3H3,(H2,21,22,23). The van der Waals surface area contributed by atoms with Crippen molar-refractivity contribution in [3.8, 4) is 0 Å². The van der Waals surface area contributed by atoms with Crippen LogP contribution in [0, 0.1) is 25.5 Å². The van der Waals surface area contributed by atoms with Gasteiger partial charge in [-0.3, -0.25) is 0 Å². The molecule has 2 aromatic rings. The molecule has 0 bridgehead atoms. The van der Waals surface area contributed by atoms with Gasteiger partial charge in [-0.2, -0.15) is 0 Å². The van der Waals surface area contributed by atoms with E-state index in [4.69, 9.17) is 12.2 Å². The molecule has 2 N–H and O–H groups in total. The molecule has 0 saturated heterocycles. The molecule has 2 rings (SSSR count). The van der Waals surface area contributed by atoms with E-state index in [-0.39, 0.29) is 6.04 Å². The minimum atomic E-state index is -0.903. The van der Waals surface area contributed by atoms with Crippen LogP contribution in [0.5, 0.6) is 0 Å². The minimum absolute atomic E-state index is 0.0564. The normalized spacial score (nSPS) is 11.9. The number of anilines is 1. The average molecular weight is 334 g/mol. The molecule has 0 spiro atoms. The van der Waals surface area contributed by atoms with Crippen LogP contribution in [0.1, 0.15) is 36.1 Å². The lowest BCUT2D eigenvalue weighted by Crippen LogP contribution is -2.32. The van der Waals surface area contributed by atoms with Crippen molar-refractivity contribution in [2.75, 3.05) is 5.32 Å². The summed E-state index contributed by atoms with van der Waals surface area (Å²) in [5.41, 5.74) is 3.99. The predicted octanol–water partition coefficient (Wildman–Crippen LogP) is 5.02. The number of hydrogen-bond acceptors (Lipinski definition) is 1. The number of rotatable bonds is 4. The van der Waals surface area contributed by atoms with E-state index in [1.165, 1.54) is 22.8 Å². The fraction of sp³-hybridized carbons (Fsp3) is 0.278. The highest BCUT2D eigenvalue weighted by Crippen LogP contribution is 2.22. The second-order valence-corrected chi connectivity index (χ2v) is 5.96. The van der Waals surface area contributed by atoms with Gasteiger partial charge in [0.2, 0.25) is 0 Å². The van der Waals surface area contributed by atoms with E-state index >= 15 is 0 Å². The maximum atomic E-state index is 13.2. The zero-order chi connectivity index (χ0) is 17.0. The molecule has 0 radical (unpaired) electrons. The number of aryl methyl sites for hydroxylation is 2. The molecular weight excluding hydrogens is 314 g/mol. The van der Waals surface area contributed by atoms with E-state index in [9.17, 15) is 8.78 Å². The summed E-state index contributed by atoms with van der Waals surface area (Å²) in [5, 5.41) is 6.50. The van der Waals surface area contributed by atoms with Gasteiger partial charge in [-0.15, -0.1) is 0 Å². The fourth-order valence-corrected chi connectivity index (χ4v) is 2.78. The summed E-state index contributed by atoms with van der Waals surface area (Å²) in [6.45, 7) is 6.19. The molecule has 0 amide bonds. The smallest absolute Gasteiger partial charge is 0.171 e. The molecule has 0 aliphatic rings. The minimum Gasteiger partial charge on any atom is -0.356 e. The second-order valence-electron chi connectivity index (χ2n) is 5.55. The van der Waals surface area contributed by atoms with Gasteiger partial charge in [0.15, 0.2) is 16.7 Å². The van der Waals surface area contributed by atoms with Gasteiger partial charge in [-0.25, -0.2) is 8.78 Å². The molecule has 23 heavy (non-hydrogen) atoms. The molecule has 122 valence electrons. The van der Waals surface area contributed by atoms with Crippen LogP contribution in [0.3, 0.4) is 0 Å². The third-order valence-electron chi connectivity index (χ3n) is 3.69. The Morgan fingerprint density at radius 1 is 1.09 bits per heavy atom. The van der Waals surface area contributed by atoms with E-state index < -0.39 is 11.6 Å². The third kappa shape index (κ3) is 4.48. The summed E-state index contributed by atoms with van der Waals surface area (Å²) in [4.78, 5) is 0. The Balaban J connectivity index is 2.08. The van der Waals surface area contributed by atoms with Crippen LogP contribution >= 0.6 is 12.2 Å². The van der Waals surface area contributed by atoms with Crippen molar-refractivity contribution in [2.45, 2.75) is 33.2 Å². The number of halogens is 2. The molecule has 0 aromatic heterocycles. The molecule has 0 heterocycles. The molecule has 0 saturated carbocycles. The first-order chi connectivity index (χ1) is 10.9. The van der Waals surface area contributed by atoms with E-state index in [1.807, 2.05) is 0 Å². The summed E-state index contributed by atoms with van der Waals surface area (Å²) in [7, 11) is 0. The van der Waals surface area contributed by atoms with E-state index in [1.54, 1.807) is 0 Å². The van der Waals surface area contributed by atoms with Crippen LogP contribution in [0.15, 0.2) is 36.4 Å². The van der Waals surface area contributed by atoms with Gasteiger partial charge < -0.3 is 10.6 Å². The van der Waals surface area contributed by atoms with Crippen LogP contribution in [-0.4, -0.2) is 5.11 Å². The van der Waals surface area contributed by atoms with E-state index in [2.05, 4.69) is 49.6 Å². The Labute approximate surface area is 140 Å². The Morgan fingerprint density at radius 2 is 1.83 bits per heavy atom. The van der Waals surface area contributed by atoms with Gasteiger partial charge in [0, 0.05) is 11.8 Å². The summed E-state index contributed by atoms with van der Waals surface area (Å²) >= 11 is 5.29. The average Bonchev–Trinajstić information content (AvgIpc) is 2.49. The van der Waals surface area contributed by atoms with E-state index in [0.29, 0.717) is 10.8 Å². The van der Waals surface area contributed by atoms with Crippen molar-refractivity contribution in [3.63, 3.8) is 0 Å². The zero-order valence-electron chi connectivity index (χ0n) is 13.4. The number of thiocarbonyl (C=S) groups is 1. The van der Waals surface area contributed by atoms with Gasteiger partial charge in [-0.05, 0) is 55.7 Å². The number of benzene rings is 2. The van der Waals surface area contributed by atoms with Crippen LogP contribution in [0.2, 0.25) is 0 Å². The Morgan fingerprint density at radius 3 is 2.43 bits per heavy atom. The first-order valence-electron chi connectivity index (χ1n) is 7.50. The van der Waals surface area contributed by atoms with Gasteiger partial charge in [0.1, 0.15) is 0 Å². The van der Waals surface area contributed by atoms with Crippen LogP contribution in [-0.2, 0) is 0 Å². The largest absolute Gasteiger partial charge is 0.356 e. The van der Waals surface area contributed by atoms with Crippen molar-refractivity contribution in [1.29, 1.82) is 0 Å². The quantitative estimate of drug-likeness (QED) is 0.768. The summed E-state index contributed by atoms with van der Waals surface area (Å²) < 4.78 is 26.2. The molecular formula is C18H20F2N2S. The first-order valence-corrected chi connectivity index (χ1v) is 7.91. The highest BCUT2D eigenvalue weighted by molar-refractivity contribution is 7.80. The fourth-order valence-electron chi connectivity index (χ4n) is 2.52. The maximum Gasteiger partial charge on any atom is 0.171 e. The Kier molecular flexibility index (Phi) is 5.66. The third-order valence-corrected chi connectivity index (χ3v) is 3.91. The molecule has 2 aromatic carbocycles. The second kappa shape index (κ2) is 7.51. The topological polar surface area (TPSA) is 24.1 Å². The van der Waals surface area contributed by atoms with Crippen LogP contribution in [0.4, 0.5) is 14.5 Å². The maximum absolute atomic E-state index is 13.2. The summed E-state index contributed by atoms with van der Waals surface area (Å²) in [5.74, 6) is -1.78. The molecule has 0 aliphatic heterocycles. The monoisotopic (exact) mass is 334 g/mol. The van der Waals surface area contributed by atoms with Gasteiger partial charge in [-0.1, -0.05) is 30.7 Å². The van der Waals surface area contributed by atoms with Crippen LogP contribution < -0.4 is 10.6 Å². The zero-order valence-corrected chi connectivity index (χ0v) is 14.2. The molecule has 1 atom stereocenters. The predicted molar refractivity (Wildman–Crippen MR) is 94.7 cm³/mol.